The van der Waals surface area contributed by atoms with Crippen molar-refractivity contribution in [3.05, 3.63) is 33.8 Å². The molecule has 2 rings (SSSR count). The Morgan fingerprint density at radius 2 is 2.22 bits per heavy atom. The highest BCUT2D eigenvalue weighted by atomic mass is 32.1. The fourth-order valence-electron chi connectivity index (χ4n) is 2.21. The van der Waals surface area contributed by atoms with Gasteiger partial charge in [0.15, 0.2) is 0 Å². The van der Waals surface area contributed by atoms with Crippen LogP contribution in [0.25, 0.3) is 0 Å². The Labute approximate surface area is 113 Å². The maximum Gasteiger partial charge on any atom is 0.203 e. The van der Waals surface area contributed by atoms with E-state index in [4.69, 9.17) is 0 Å². The number of anilines is 1. The standard InChI is InChI=1S/C14H21N3S/c1-5-6-15-14-16-7-8-17(14)11(3)13-9-10(2)18-12(13)4/h7-9,11H,5-6H2,1-4H3,(H,15,16). The van der Waals surface area contributed by atoms with Gasteiger partial charge in [0.1, 0.15) is 0 Å². The van der Waals surface area contributed by atoms with Gasteiger partial charge in [0, 0.05) is 28.7 Å². The molecule has 3 nitrogen and oxygen atoms in total. The highest BCUT2D eigenvalue weighted by Gasteiger charge is 2.15. The Morgan fingerprint density at radius 1 is 1.44 bits per heavy atom. The molecule has 0 amide bonds. The lowest BCUT2D eigenvalue weighted by atomic mass is 10.1. The summed E-state index contributed by atoms with van der Waals surface area (Å²) in [5, 5.41) is 3.38. The van der Waals surface area contributed by atoms with Crippen LogP contribution in [-0.2, 0) is 0 Å². The number of thiophene rings is 1. The van der Waals surface area contributed by atoms with Crippen molar-refractivity contribution >= 4 is 17.3 Å². The van der Waals surface area contributed by atoms with Gasteiger partial charge in [-0.3, -0.25) is 0 Å². The molecule has 1 atom stereocenters. The van der Waals surface area contributed by atoms with Crippen LogP contribution in [0.3, 0.4) is 0 Å². The first-order valence-electron chi connectivity index (χ1n) is 6.47. The van der Waals surface area contributed by atoms with E-state index in [1.165, 1.54) is 15.3 Å². The Hall–Kier alpha value is -1.29. The van der Waals surface area contributed by atoms with Crippen LogP contribution in [0, 0.1) is 13.8 Å². The molecule has 0 saturated heterocycles. The predicted molar refractivity (Wildman–Crippen MR) is 78.6 cm³/mol. The topological polar surface area (TPSA) is 29.9 Å². The van der Waals surface area contributed by atoms with Crippen molar-refractivity contribution in [3.63, 3.8) is 0 Å². The summed E-state index contributed by atoms with van der Waals surface area (Å²) >= 11 is 1.86. The quantitative estimate of drug-likeness (QED) is 0.884. The van der Waals surface area contributed by atoms with Gasteiger partial charge in [0.05, 0.1) is 6.04 Å². The summed E-state index contributed by atoms with van der Waals surface area (Å²) < 4.78 is 2.21. The number of aryl methyl sites for hydroxylation is 2. The zero-order valence-electron chi connectivity index (χ0n) is 11.5. The van der Waals surface area contributed by atoms with Gasteiger partial charge in [-0.25, -0.2) is 4.98 Å². The smallest absolute Gasteiger partial charge is 0.203 e. The highest BCUT2D eigenvalue weighted by molar-refractivity contribution is 7.12. The summed E-state index contributed by atoms with van der Waals surface area (Å²) in [6.45, 7) is 9.71. The molecule has 0 aliphatic carbocycles. The fourth-order valence-corrected chi connectivity index (χ4v) is 3.23. The van der Waals surface area contributed by atoms with Gasteiger partial charge >= 0.3 is 0 Å². The molecule has 2 aromatic rings. The minimum absolute atomic E-state index is 0.330. The van der Waals surface area contributed by atoms with Crippen molar-refractivity contribution < 1.29 is 0 Å². The van der Waals surface area contributed by atoms with E-state index < -0.39 is 0 Å². The Morgan fingerprint density at radius 3 is 2.83 bits per heavy atom. The van der Waals surface area contributed by atoms with Gasteiger partial charge in [0.25, 0.3) is 0 Å². The predicted octanol–water partition coefficient (Wildman–Crippen LogP) is 3.99. The van der Waals surface area contributed by atoms with Crippen LogP contribution in [0.4, 0.5) is 5.95 Å². The van der Waals surface area contributed by atoms with Gasteiger partial charge < -0.3 is 9.88 Å². The molecular formula is C14H21N3S. The monoisotopic (exact) mass is 263 g/mol. The van der Waals surface area contributed by atoms with Crippen molar-refractivity contribution in [3.8, 4) is 0 Å². The van der Waals surface area contributed by atoms with Crippen LogP contribution < -0.4 is 5.32 Å². The lowest BCUT2D eigenvalue weighted by Gasteiger charge is -2.17. The maximum absolute atomic E-state index is 4.39. The summed E-state index contributed by atoms with van der Waals surface area (Å²) in [6, 6.07) is 2.62. The average molecular weight is 263 g/mol. The van der Waals surface area contributed by atoms with Crippen LogP contribution >= 0.6 is 11.3 Å². The number of nitrogens with one attached hydrogen (secondary N) is 1. The molecular weight excluding hydrogens is 242 g/mol. The van der Waals surface area contributed by atoms with Crippen LogP contribution in [0.5, 0.6) is 0 Å². The fraction of sp³-hybridized carbons (Fsp3) is 0.500. The van der Waals surface area contributed by atoms with E-state index in [0.29, 0.717) is 6.04 Å². The molecule has 0 aromatic carbocycles. The van der Waals surface area contributed by atoms with Gasteiger partial charge in [-0.15, -0.1) is 11.3 Å². The summed E-state index contributed by atoms with van der Waals surface area (Å²) in [5.74, 6) is 0.965. The van der Waals surface area contributed by atoms with E-state index >= 15 is 0 Å². The zero-order chi connectivity index (χ0) is 13.1. The van der Waals surface area contributed by atoms with E-state index in [9.17, 15) is 0 Å². The lowest BCUT2D eigenvalue weighted by Crippen LogP contribution is -2.12. The van der Waals surface area contributed by atoms with Crippen molar-refractivity contribution in [1.82, 2.24) is 9.55 Å². The summed E-state index contributed by atoms with van der Waals surface area (Å²) in [7, 11) is 0. The summed E-state index contributed by atoms with van der Waals surface area (Å²) in [5.41, 5.74) is 1.40. The molecule has 0 radical (unpaired) electrons. The SMILES string of the molecule is CCCNc1nccn1C(C)c1cc(C)sc1C. The number of rotatable bonds is 5. The molecule has 1 N–H and O–H groups in total. The molecule has 0 fully saturated rings. The molecule has 0 aliphatic heterocycles. The molecule has 4 heteroatoms. The minimum Gasteiger partial charge on any atom is -0.356 e. The number of aromatic nitrogens is 2. The molecule has 2 heterocycles. The first-order valence-corrected chi connectivity index (χ1v) is 7.28. The molecule has 0 aliphatic rings. The third-order valence-corrected chi connectivity index (χ3v) is 4.13. The van der Waals surface area contributed by atoms with E-state index in [-0.39, 0.29) is 0 Å². The van der Waals surface area contributed by atoms with Gasteiger partial charge in [0.2, 0.25) is 5.95 Å². The Bertz CT molecular complexity index is 513. The molecule has 0 bridgehead atoms. The Balaban J connectivity index is 2.25. The molecule has 0 spiro atoms. The molecule has 98 valence electrons. The lowest BCUT2D eigenvalue weighted by molar-refractivity contribution is 0.641. The van der Waals surface area contributed by atoms with E-state index in [1.807, 2.05) is 17.5 Å². The molecule has 1 unspecified atom stereocenters. The van der Waals surface area contributed by atoms with E-state index in [0.717, 1.165) is 18.9 Å². The molecule has 0 saturated carbocycles. The van der Waals surface area contributed by atoms with E-state index in [1.54, 1.807) is 0 Å². The normalized spacial score (nSPS) is 12.7. The van der Waals surface area contributed by atoms with Gasteiger partial charge in [-0.2, -0.15) is 0 Å². The van der Waals surface area contributed by atoms with Gasteiger partial charge in [-0.1, -0.05) is 6.92 Å². The van der Waals surface area contributed by atoms with E-state index in [2.05, 4.69) is 54.8 Å². The van der Waals surface area contributed by atoms with Crippen molar-refractivity contribution in [1.29, 1.82) is 0 Å². The zero-order valence-corrected chi connectivity index (χ0v) is 12.3. The van der Waals surface area contributed by atoms with Crippen molar-refractivity contribution in [2.24, 2.45) is 0 Å². The highest BCUT2D eigenvalue weighted by Crippen LogP contribution is 2.30. The largest absolute Gasteiger partial charge is 0.356 e. The first-order chi connectivity index (χ1) is 8.63. The average Bonchev–Trinajstić information content (AvgIpc) is 2.92. The van der Waals surface area contributed by atoms with Crippen LogP contribution in [0.2, 0.25) is 0 Å². The van der Waals surface area contributed by atoms with Crippen LogP contribution in [-0.4, -0.2) is 16.1 Å². The van der Waals surface area contributed by atoms with Crippen LogP contribution in [0.15, 0.2) is 18.5 Å². The third kappa shape index (κ3) is 2.58. The molecule has 2 aromatic heterocycles. The second-order valence-corrected chi connectivity index (χ2v) is 6.09. The number of imidazole rings is 1. The Kier molecular flexibility index (Phi) is 4.07. The maximum atomic E-state index is 4.39. The third-order valence-electron chi connectivity index (χ3n) is 3.15. The number of nitrogens with zero attached hydrogens (tertiary/aromatic N) is 2. The van der Waals surface area contributed by atoms with Crippen molar-refractivity contribution in [2.45, 2.75) is 40.2 Å². The second kappa shape index (κ2) is 5.57. The number of hydrogen-bond acceptors (Lipinski definition) is 3. The van der Waals surface area contributed by atoms with Gasteiger partial charge in [-0.05, 0) is 38.8 Å². The second-order valence-electron chi connectivity index (χ2n) is 4.63. The number of hydrogen-bond donors (Lipinski definition) is 1. The first kappa shape index (κ1) is 13.1. The summed E-state index contributed by atoms with van der Waals surface area (Å²) in [4.78, 5) is 7.16. The summed E-state index contributed by atoms with van der Waals surface area (Å²) in [6.07, 6.45) is 5.02. The van der Waals surface area contributed by atoms with Crippen molar-refractivity contribution in [2.75, 3.05) is 11.9 Å². The molecule has 18 heavy (non-hydrogen) atoms. The van der Waals surface area contributed by atoms with Crippen LogP contribution in [0.1, 0.15) is 41.6 Å². The minimum atomic E-state index is 0.330.